The minimum atomic E-state index is 1.13. The summed E-state index contributed by atoms with van der Waals surface area (Å²) in [6, 6.07) is 6.11. The molecule has 0 saturated heterocycles. The van der Waals surface area contributed by atoms with Crippen LogP contribution in [0.3, 0.4) is 0 Å². The standard InChI is InChI=1S/C10H15NS/c1-12-9-5-3-7-10-6-2-4-8-11-10/h2,4,6,8H,3,5,7,9H2,1H3. The Balaban J connectivity index is 2.16. The van der Waals surface area contributed by atoms with Crippen LogP contribution in [0, 0.1) is 0 Å². The second-order valence-electron chi connectivity index (χ2n) is 2.77. The van der Waals surface area contributed by atoms with Crippen LogP contribution >= 0.6 is 11.8 Å². The summed E-state index contributed by atoms with van der Waals surface area (Å²) in [7, 11) is 0. The van der Waals surface area contributed by atoms with Gasteiger partial charge in [-0.25, -0.2) is 0 Å². The van der Waals surface area contributed by atoms with Gasteiger partial charge in [-0.15, -0.1) is 0 Å². The number of unbranched alkanes of at least 4 members (excludes halogenated alkanes) is 1. The maximum Gasteiger partial charge on any atom is 0.0403 e. The average Bonchev–Trinajstić information content (AvgIpc) is 2.14. The van der Waals surface area contributed by atoms with Crippen molar-refractivity contribution in [2.45, 2.75) is 19.3 Å². The highest BCUT2D eigenvalue weighted by Crippen LogP contribution is 2.04. The third kappa shape index (κ3) is 3.77. The van der Waals surface area contributed by atoms with E-state index in [1.54, 1.807) is 0 Å². The summed E-state index contributed by atoms with van der Waals surface area (Å²) in [4.78, 5) is 4.27. The first-order valence-electron chi connectivity index (χ1n) is 4.32. The van der Waals surface area contributed by atoms with E-state index in [9.17, 15) is 0 Å². The van der Waals surface area contributed by atoms with Crippen molar-refractivity contribution in [3.05, 3.63) is 30.1 Å². The van der Waals surface area contributed by atoms with Crippen molar-refractivity contribution in [3.8, 4) is 0 Å². The van der Waals surface area contributed by atoms with Crippen LogP contribution in [0.1, 0.15) is 18.5 Å². The van der Waals surface area contributed by atoms with Gasteiger partial charge in [0.15, 0.2) is 0 Å². The van der Waals surface area contributed by atoms with E-state index in [2.05, 4.69) is 23.4 Å². The fourth-order valence-corrected chi connectivity index (χ4v) is 1.59. The number of pyridine rings is 1. The van der Waals surface area contributed by atoms with E-state index < -0.39 is 0 Å². The van der Waals surface area contributed by atoms with Gasteiger partial charge in [0.1, 0.15) is 0 Å². The summed E-state index contributed by atoms with van der Waals surface area (Å²) in [5.74, 6) is 1.27. The summed E-state index contributed by atoms with van der Waals surface area (Å²) < 4.78 is 0. The van der Waals surface area contributed by atoms with Crippen molar-refractivity contribution >= 4 is 11.8 Å². The second kappa shape index (κ2) is 6.06. The van der Waals surface area contributed by atoms with Crippen LogP contribution in [0.4, 0.5) is 0 Å². The maximum absolute atomic E-state index is 4.27. The van der Waals surface area contributed by atoms with E-state index in [4.69, 9.17) is 0 Å². The fourth-order valence-electron chi connectivity index (χ4n) is 1.10. The Morgan fingerprint density at radius 3 is 2.92 bits per heavy atom. The molecule has 0 unspecified atom stereocenters. The zero-order chi connectivity index (χ0) is 8.65. The third-order valence-electron chi connectivity index (χ3n) is 1.76. The molecule has 0 radical (unpaired) electrons. The second-order valence-corrected chi connectivity index (χ2v) is 3.76. The molecule has 66 valence electrons. The Morgan fingerprint density at radius 2 is 2.25 bits per heavy atom. The van der Waals surface area contributed by atoms with E-state index >= 15 is 0 Å². The molecule has 0 saturated carbocycles. The minimum absolute atomic E-state index is 1.13. The van der Waals surface area contributed by atoms with Gasteiger partial charge < -0.3 is 0 Å². The Kier molecular flexibility index (Phi) is 4.85. The van der Waals surface area contributed by atoms with E-state index in [1.807, 2.05) is 24.0 Å². The zero-order valence-electron chi connectivity index (χ0n) is 7.49. The predicted octanol–water partition coefficient (Wildman–Crippen LogP) is 2.77. The zero-order valence-corrected chi connectivity index (χ0v) is 8.31. The molecule has 0 aliphatic carbocycles. The number of rotatable bonds is 5. The van der Waals surface area contributed by atoms with Gasteiger partial charge >= 0.3 is 0 Å². The van der Waals surface area contributed by atoms with Crippen molar-refractivity contribution in [2.75, 3.05) is 12.0 Å². The van der Waals surface area contributed by atoms with Gasteiger partial charge in [-0.05, 0) is 43.4 Å². The average molecular weight is 181 g/mol. The molecular weight excluding hydrogens is 166 g/mol. The molecule has 1 aromatic rings. The summed E-state index contributed by atoms with van der Waals surface area (Å²) in [6.45, 7) is 0. The Hall–Kier alpha value is -0.500. The first-order valence-corrected chi connectivity index (χ1v) is 5.71. The molecule has 0 aromatic carbocycles. The highest BCUT2D eigenvalue weighted by atomic mass is 32.2. The Morgan fingerprint density at radius 1 is 1.33 bits per heavy atom. The van der Waals surface area contributed by atoms with E-state index in [0.717, 1.165) is 6.42 Å². The monoisotopic (exact) mass is 181 g/mol. The molecular formula is C10H15NS. The van der Waals surface area contributed by atoms with Gasteiger partial charge in [0.25, 0.3) is 0 Å². The van der Waals surface area contributed by atoms with Gasteiger partial charge in [-0.2, -0.15) is 11.8 Å². The molecule has 12 heavy (non-hydrogen) atoms. The van der Waals surface area contributed by atoms with Crippen LogP contribution in [0.2, 0.25) is 0 Å². The summed E-state index contributed by atoms with van der Waals surface area (Å²) in [6.07, 6.45) is 7.71. The Labute approximate surface area is 78.6 Å². The quantitative estimate of drug-likeness (QED) is 0.648. The molecule has 2 heteroatoms. The van der Waals surface area contributed by atoms with Crippen LogP contribution < -0.4 is 0 Å². The van der Waals surface area contributed by atoms with Gasteiger partial charge in [-0.3, -0.25) is 4.98 Å². The lowest BCUT2D eigenvalue weighted by Crippen LogP contribution is -1.89. The third-order valence-corrected chi connectivity index (χ3v) is 2.45. The lowest BCUT2D eigenvalue weighted by molar-refractivity contribution is 0.784. The number of thioether (sulfide) groups is 1. The summed E-state index contributed by atoms with van der Waals surface area (Å²) >= 11 is 1.92. The number of nitrogens with zero attached hydrogens (tertiary/aromatic N) is 1. The molecule has 0 spiro atoms. The molecule has 0 aliphatic rings. The molecule has 0 N–H and O–H groups in total. The number of hydrogen-bond donors (Lipinski definition) is 0. The van der Waals surface area contributed by atoms with E-state index in [1.165, 1.54) is 24.3 Å². The van der Waals surface area contributed by atoms with Crippen LogP contribution in [-0.2, 0) is 6.42 Å². The molecule has 1 aromatic heterocycles. The van der Waals surface area contributed by atoms with Crippen LogP contribution in [0.5, 0.6) is 0 Å². The first-order chi connectivity index (χ1) is 5.93. The maximum atomic E-state index is 4.27. The molecule has 1 nitrogen and oxygen atoms in total. The van der Waals surface area contributed by atoms with Gasteiger partial charge in [0.2, 0.25) is 0 Å². The lowest BCUT2D eigenvalue weighted by atomic mass is 10.2. The predicted molar refractivity (Wildman–Crippen MR) is 55.6 cm³/mol. The number of aromatic nitrogens is 1. The molecule has 0 bridgehead atoms. The minimum Gasteiger partial charge on any atom is -0.261 e. The van der Waals surface area contributed by atoms with Crippen LogP contribution in [0.25, 0.3) is 0 Å². The normalized spacial score (nSPS) is 10.1. The van der Waals surface area contributed by atoms with Gasteiger partial charge in [-0.1, -0.05) is 6.07 Å². The number of hydrogen-bond acceptors (Lipinski definition) is 2. The van der Waals surface area contributed by atoms with Crippen molar-refractivity contribution in [2.24, 2.45) is 0 Å². The molecule has 0 aliphatic heterocycles. The Bertz CT molecular complexity index is 198. The molecule has 1 heterocycles. The summed E-state index contributed by atoms with van der Waals surface area (Å²) in [5.41, 5.74) is 1.22. The fraction of sp³-hybridized carbons (Fsp3) is 0.500. The molecule has 0 fully saturated rings. The first kappa shape index (κ1) is 9.59. The highest BCUT2D eigenvalue weighted by molar-refractivity contribution is 7.98. The lowest BCUT2D eigenvalue weighted by Gasteiger charge is -1.98. The van der Waals surface area contributed by atoms with Gasteiger partial charge in [0.05, 0.1) is 0 Å². The van der Waals surface area contributed by atoms with Gasteiger partial charge in [0, 0.05) is 11.9 Å². The van der Waals surface area contributed by atoms with E-state index in [-0.39, 0.29) is 0 Å². The van der Waals surface area contributed by atoms with E-state index in [0.29, 0.717) is 0 Å². The molecule has 0 atom stereocenters. The van der Waals surface area contributed by atoms with Crippen molar-refractivity contribution < 1.29 is 0 Å². The van der Waals surface area contributed by atoms with Crippen molar-refractivity contribution in [1.29, 1.82) is 0 Å². The molecule has 1 rings (SSSR count). The highest BCUT2D eigenvalue weighted by Gasteiger charge is 1.92. The summed E-state index contributed by atoms with van der Waals surface area (Å²) in [5, 5.41) is 0. The van der Waals surface area contributed by atoms with Crippen molar-refractivity contribution in [3.63, 3.8) is 0 Å². The number of aryl methyl sites for hydroxylation is 1. The smallest absolute Gasteiger partial charge is 0.0403 e. The van der Waals surface area contributed by atoms with Crippen LogP contribution in [0.15, 0.2) is 24.4 Å². The largest absolute Gasteiger partial charge is 0.261 e. The topological polar surface area (TPSA) is 12.9 Å². The van der Waals surface area contributed by atoms with Crippen molar-refractivity contribution in [1.82, 2.24) is 4.98 Å². The SMILES string of the molecule is CSCCCCc1ccccn1. The van der Waals surface area contributed by atoms with Crippen LogP contribution in [-0.4, -0.2) is 17.0 Å². The molecule has 0 amide bonds.